The number of hydrogen-bond acceptors (Lipinski definition) is 6. The molecule has 1 atom stereocenters. The molecule has 4 rings (SSSR count). The van der Waals surface area contributed by atoms with Gasteiger partial charge < -0.3 is 20.3 Å². The van der Waals surface area contributed by atoms with Crippen LogP contribution in [0.15, 0.2) is 41.4 Å². The largest absolute Gasteiger partial charge is 0.444 e. The van der Waals surface area contributed by atoms with E-state index in [0.29, 0.717) is 43.1 Å². The number of carbonyl (C=O) groups excluding carboxylic acids is 2. The molecule has 0 aliphatic carbocycles. The second-order valence-corrected chi connectivity index (χ2v) is 9.39. The number of rotatable bonds is 2. The molecule has 32 heavy (non-hydrogen) atoms. The van der Waals surface area contributed by atoms with Crippen LogP contribution in [0.2, 0.25) is 0 Å². The summed E-state index contributed by atoms with van der Waals surface area (Å²) in [4.78, 5) is 34.2. The maximum atomic E-state index is 13.4. The van der Waals surface area contributed by atoms with Crippen molar-refractivity contribution in [1.82, 2.24) is 4.90 Å². The number of ether oxygens (including phenoxy) is 1. The van der Waals surface area contributed by atoms with Crippen LogP contribution in [0.25, 0.3) is 0 Å². The second kappa shape index (κ2) is 8.30. The van der Waals surface area contributed by atoms with E-state index >= 15 is 0 Å². The van der Waals surface area contributed by atoms with Crippen molar-refractivity contribution in [2.24, 2.45) is 4.99 Å². The number of piperazine rings is 1. The van der Waals surface area contributed by atoms with Gasteiger partial charge in [0.15, 0.2) is 5.78 Å². The van der Waals surface area contributed by atoms with Gasteiger partial charge in [0.25, 0.3) is 0 Å². The smallest absolute Gasteiger partial charge is 0.410 e. The number of Topliss-reactive ketones (excluding diaryl/α,β-unsaturated/α-hetero) is 1. The first kappa shape index (κ1) is 21.9. The van der Waals surface area contributed by atoms with Gasteiger partial charge in [-0.2, -0.15) is 0 Å². The van der Waals surface area contributed by atoms with E-state index in [1.807, 2.05) is 64.1 Å². The minimum absolute atomic E-state index is 0.0259. The van der Waals surface area contributed by atoms with Gasteiger partial charge in [0, 0.05) is 49.3 Å². The van der Waals surface area contributed by atoms with Crippen LogP contribution < -0.4 is 10.6 Å². The predicted molar refractivity (Wildman–Crippen MR) is 127 cm³/mol. The van der Waals surface area contributed by atoms with Gasteiger partial charge in [0.2, 0.25) is 0 Å². The van der Waals surface area contributed by atoms with Crippen LogP contribution >= 0.6 is 0 Å². The minimum atomic E-state index is -0.508. The molecule has 0 saturated carbocycles. The summed E-state index contributed by atoms with van der Waals surface area (Å²) in [7, 11) is 0. The Balaban J connectivity index is 1.50. The van der Waals surface area contributed by atoms with Gasteiger partial charge >= 0.3 is 6.09 Å². The highest BCUT2D eigenvalue weighted by molar-refractivity contribution is 6.16. The fraction of sp³-hybridized carbons (Fsp3) is 0.400. The van der Waals surface area contributed by atoms with E-state index in [1.165, 1.54) is 0 Å². The van der Waals surface area contributed by atoms with Crippen molar-refractivity contribution in [2.75, 3.05) is 36.8 Å². The number of aliphatic imine (C=N–C) groups is 1. The molecule has 2 aromatic rings. The van der Waals surface area contributed by atoms with Crippen LogP contribution in [0.1, 0.15) is 48.2 Å². The van der Waals surface area contributed by atoms with Crippen LogP contribution in [0.5, 0.6) is 0 Å². The molecule has 2 aliphatic rings. The third-order valence-corrected chi connectivity index (χ3v) is 5.83. The molecule has 1 saturated heterocycles. The van der Waals surface area contributed by atoms with E-state index in [0.717, 1.165) is 16.8 Å². The summed E-state index contributed by atoms with van der Waals surface area (Å²) < 4.78 is 5.48. The fourth-order valence-electron chi connectivity index (χ4n) is 4.11. The van der Waals surface area contributed by atoms with Crippen molar-refractivity contribution in [3.63, 3.8) is 0 Å². The van der Waals surface area contributed by atoms with E-state index in [1.54, 1.807) is 11.1 Å². The molecule has 2 aliphatic heterocycles. The molecule has 2 N–H and O–H groups in total. The summed E-state index contributed by atoms with van der Waals surface area (Å²) in [6, 6.07) is 11.4. The first-order chi connectivity index (χ1) is 15.1. The lowest BCUT2D eigenvalue weighted by Crippen LogP contribution is -2.50. The topological polar surface area (TPSA) is 88.2 Å². The highest BCUT2D eigenvalue weighted by Crippen LogP contribution is 2.35. The molecular weight excluding hydrogens is 404 g/mol. The number of nitrogen functional groups attached to an aromatic ring is 1. The molecule has 1 unspecified atom stereocenters. The standard InChI is InChI=1S/C25H30N4O3/c1-16-5-6-17(26)13-19(16)21-15-27-22-8-7-18(14-20(22)23(21)30)28-9-11-29(12-10-28)24(31)32-25(2,3)4/h5-8,13-15,21H,9-12,26H2,1-4H3. The van der Waals surface area contributed by atoms with Crippen LogP contribution in [0.3, 0.4) is 0 Å². The number of hydrogen-bond donors (Lipinski definition) is 1. The van der Waals surface area contributed by atoms with E-state index in [-0.39, 0.29) is 11.9 Å². The lowest BCUT2D eigenvalue weighted by molar-refractivity contribution is 0.0240. The average molecular weight is 435 g/mol. The first-order valence-corrected chi connectivity index (χ1v) is 10.9. The zero-order valence-corrected chi connectivity index (χ0v) is 19.1. The molecule has 2 heterocycles. The van der Waals surface area contributed by atoms with Crippen molar-refractivity contribution in [3.8, 4) is 0 Å². The molecule has 7 nitrogen and oxygen atoms in total. The number of anilines is 2. The van der Waals surface area contributed by atoms with Gasteiger partial charge in [-0.1, -0.05) is 6.07 Å². The Labute approximate surface area is 188 Å². The molecule has 0 bridgehead atoms. The number of carbonyl (C=O) groups is 2. The number of nitrogens with zero attached hydrogens (tertiary/aromatic N) is 3. The number of benzene rings is 2. The minimum Gasteiger partial charge on any atom is -0.444 e. The quantitative estimate of drug-likeness (QED) is 0.712. The number of nitrogens with two attached hydrogens (primary N) is 1. The summed E-state index contributed by atoms with van der Waals surface area (Å²) in [5.41, 5.74) is 10.3. The summed E-state index contributed by atoms with van der Waals surface area (Å²) in [5.74, 6) is -0.414. The molecule has 1 amide bonds. The van der Waals surface area contributed by atoms with Gasteiger partial charge in [-0.25, -0.2) is 4.79 Å². The van der Waals surface area contributed by atoms with Gasteiger partial charge in [-0.15, -0.1) is 0 Å². The second-order valence-electron chi connectivity index (χ2n) is 9.39. The molecule has 2 aromatic carbocycles. The maximum Gasteiger partial charge on any atom is 0.410 e. The van der Waals surface area contributed by atoms with Crippen LogP contribution in [-0.4, -0.2) is 54.8 Å². The van der Waals surface area contributed by atoms with E-state index < -0.39 is 11.5 Å². The first-order valence-electron chi connectivity index (χ1n) is 10.9. The Morgan fingerprint density at radius 1 is 1.09 bits per heavy atom. The van der Waals surface area contributed by atoms with Crippen molar-refractivity contribution in [2.45, 2.75) is 39.2 Å². The molecule has 1 fully saturated rings. The van der Waals surface area contributed by atoms with Crippen LogP contribution in [-0.2, 0) is 4.74 Å². The normalized spacial score (nSPS) is 18.5. The third-order valence-electron chi connectivity index (χ3n) is 5.83. The Morgan fingerprint density at radius 3 is 2.50 bits per heavy atom. The summed E-state index contributed by atoms with van der Waals surface area (Å²) in [5, 5.41) is 0. The Bertz CT molecular complexity index is 1080. The van der Waals surface area contributed by atoms with Gasteiger partial charge in [0.05, 0.1) is 11.6 Å². The number of amides is 1. The number of aryl methyl sites for hydroxylation is 1. The third kappa shape index (κ3) is 4.47. The van der Waals surface area contributed by atoms with E-state index in [4.69, 9.17) is 10.5 Å². The zero-order valence-electron chi connectivity index (χ0n) is 19.1. The summed E-state index contributed by atoms with van der Waals surface area (Å²) in [6.07, 6.45) is 1.43. The fourth-order valence-corrected chi connectivity index (χ4v) is 4.11. The van der Waals surface area contributed by atoms with Crippen molar-refractivity contribution in [3.05, 3.63) is 53.1 Å². The molecule has 0 spiro atoms. The number of fused-ring (bicyclic) bond motifs is 1. The molecule has 7 heteroatoms. The van der Waals surface area contributed by atoms with Gasteiger partial charge in [0.1, 0.15) is 5.60 Å². The predicted octanol–water partition coefficient (Wildman–Crippen LogP) is 4.32. The highest BCUT2D eigenvalue weighted by atomic mass is 16.6. The summed E-state index contributed by atoms with van der Waals surface area (Å²) >= 11 is 0. The average Bonchev–Trinajstić information content (AvgIpc) is 2.75. The monoisotopic (exact) mass is 434 g/mol. The van der Waals surface area contributed by atoms with Gasteiger partial charge in [-0.05, 0) is 69.2 Å². The lowest BCUT2D eigenvalue weighted by Gasteiger charge is -2.37. The van der Waals surface area contributed by atoms with Gasteiger partial charge in [-0.3, -0.25) is 9.79 Å². The Hall–Kier alpha value is -3.35. The molecule has 168 valence electrons. The Kier molecular flexibility index (Phi) is 5.67. The van der Waals surface area contributed by atoms with E-state index in [9.17, 15) is 9.59 Å². The number of ketones is 1. The van der Waals surface area contributed by atoms with Crippen molar-refractivity contribution < 1.29 is 14.3 Å². The van der Waals surface area contributed by atoms with E-state index in [2.05, 4.69) is 9.89 Å². The van der Waals surface area contributed by atoms with Crippen molar-refractivity contribution >= 4 is 35.2 Å². The molecule has 0 radical (unpaired) electrons. The lowest BCUT2D eigenvalue weighted by atomic mass is 9.86. The zero-order chi connectivity index (χ0) is 23.0. The Morgan fingerprint density at radius 2 is 1.81 bits per heavy atom. The highest BCUT2D eigenvalue weighted by Gasteiger charge is 2.30. The van der Waals surface area contributed by atoms with Crippen molar-refractivity contribution in [1.29, 1.82) is 0 Å². The maximum absolute atomic E-state index is 13.4. The SMILES string of the molecule is Cc1ccc(N)cc1C1C=Nc2ccc(N3CCN(C(=O)OC(C)(C)C)CC3)cc2C1=O. The van der Waals surface area contributed by atoms with Crippen LogP contribution in [0.4, 0.5) is 21.9 Å². The molecule has 0 aromatic heterocycles. The van der Waals surface area contributed by atoms with Crippen LogP contribution in [0, 0.1) is 6.92 Å². The summed E-state index contributed by atoms with van der Waals surface area (Å²) in [6.45, 7) is 10.1. The molecular formula is C25H30N4O3.